The molecule has 1 aromatic rings. The average Bonchev–Trinajstić information content (AvgIpc) is 2.79. The molecule has 1 fully saturated rings. The number of allylic oxidation sites excluding steroid dienone is 1. The molecule has 0 aromatic heterocycles. The van der Waals surface area contributed by atoms with Crippen LogP contribution in [-0.2, 0) is 11.2 Å². The molecule has 84 valence electrons. The number of rotatable bonds is 0. The number of carbonyl (C=O) groups excluding carboxylic acids is 1. The average molecular weight is 214 g/mol. The van der Waals surface area contributed by atoms with Crippen LogP contribution in [0.5, 0.6) is 0 Å². The maximum absolute atomic E-state index is 10.5. The molecule has 0 spiro atoms. The second-order valence-electron chi connectivity index (χ2n) is 4.40. The molecule has 0 N–H and O–H groups in total. The van der Waals surface area contributed by atoms with E-state index in [0.29, 0.717) is 5.78 Å². The maximum Gasteiger partial charge on any atom is 0.132 e. The van der Waals surface area contributed by atoms with Crippen molar-refractivity contribution in [1.29, 1.82) is 0 Å². The molecule has 0 atom stereocenters. The zero-order valence-electron chi connectivity index (χ0n) is 9.61. The fourth-order valence-electron chi connectivity index (χ4n) is 2.14. The summed E-state index contributed by atoms with van der Waals surface area (Å²) in [6.07, 6.45) is 10.7. The number of fused-ring (bicyclic) bond motifs is 1. The van der Waals surface area contributed by atoms with E-state index in [1.54, 1.807) is 0 Å². The van der Waals surface area contributed by atoms with Crippen molar-refractivity contribution in [3.8, 4) is 0 Å². The summed E-state index contributed by atoms with van der Waals surface area (Å²) < 4.78 is 0. The van der Waals surface area contributed by atoms with E-state index in [9.17, 15) is 4.79 Å². The van der Waals surface area contributed by atoms with Crippen molar-refractivity contribution in [3.05, 3.63) is 41.5 Å². The molecule has 0 unspecified atom stereocenters. The molecule has 0 heterocycles. The van der Waals surface area contributed by atoms with E-state index >= 15 is 0 Å². The minimum atomic E-state index is 0.464. The summed E-state index contributed by atoms with van der Waals surface area (Å²) >= 11 is 0. The van der Waals surface area contributed by atoms with Gasteiger partial charge in [0.05, 0.1) is 0 Å². The van der Waals surface area contributed by atoms with Gasteiger partial charge in [0.15, 0.2) is 0 Å². The molecule has 2 aliphatic carbocycles. The van der Waals surface area contributed by atoms with Gasteiger partial charge in [-0.15, -0.1) is 0 Å². The number of ketones is 1. The summed E-state index contributed by atoms with van der Waals surface area (Å²) in [5.74, 6) is 0.464. The monoisotopic (exact) mass is 214 g/mol. The van der Waals surface area contributed by atoms with Crippen molar-refractivity contribution in [3.63, 3.8) is 0 Å². The highest BCUT2D eigenvalue weighted by Gasteiger charge is 2.06. The van der Waals surface area contributed by atoms with E-state index in [1.165, 1.54) is 17.5 Å². The van der Waals surface area contributed by atoms with Crippen LogP contribution in [-0.4, -0.2) is 5.78 Å². The lowest BCUT2D eigenvalue weighted by molar-refractivity contribution is -0.120. The smallest absolute Gasteiger partial charge is 0.132 e. The van der Waals surface area contributed by atoms with E-state index in [1.807, 2.05) is 0 Å². The molecule has 0 aliphatic heterocycles. The molecule has 0 amide bonds. The topological polar surface area (TPSA) is 17.1 Å². The molecule has 3 rings (SSSR count). The third-order valence-corrected chi connectivity index (χ3v) is 3.10. The highest BCUT2D eigenvalue weighted by molar-refractivity contribution is 5.78. The summed E-state index contributed by atoms with van der Waals surface area (Å²) in [5.41, 5.74) is 2.84. The van der Waals surface area contributed by atoms with Crippen LogP contribution in [0.15, 0.2) is 30.3 Å². The highest BCUT2D eigenvalue weighted by atomic mass is 16.1. The molecule has 1 saturated carbocycles. The summed E-state index contributed by atoms with van der Waals surface area (Å²) in [7, 11) is 0. The first-order valence-electron chi connectivity index (χ1n) is 6.12. The third kappa shape index (κ3) is 3.06. The van der Waals surface area contributed by atoms with Crippen molar-refractivity contribution in [1.82, 2.24) is 0 Å². The van der Waals surface area contributed by atoms with Gasteiger partial charge in [-0.1, -0.05) is 42.8 Å². The number of carbonyl (C=O) groups is 1. The second kappa shape index (κ2) is 5.64. The molecule has 2 aliphatic rings. The summed E-state index contributed by atoms with van der Waals surface area (Å²) in [6, 6.07) is 8.49. The Morgan fingerprint density at radius 3 is 2.31 bits per heavy atom. The van der Waals surface area contributed by atoms with Crippen molar-refractivity contribution < 1.29 is 4.79 Å². The molecule has 1 nitrogen and oxygen atoms in total. The Labute approximate surface area is 97.2 Å². The number of hydrogen-bond donors (Lipinski definition) is 0. The molecule has 16 heavy (non-hydrogen) atoms. The van der Waals surface area contributed by atoms with E-state index in [4.69, 9.17) is 0 Å². The van der Waals surface area contributed by atoms with Gasteiger partial charge in [0.1, 0.15) is 5.78 Å². The van der Waals surface area contributed by atoms with E-state index in [0.717, 1.165) is 32.1 Å². The first kappa shape index (κ1) is 11.1. The molecular weight excluding hydrogens is 196 g/mol. The predicted molar refractivity (Wildman–Crippen MR) is 67.3 cm³/mol. The van der Waals surface area contributed by atoms with Crippen LogP contribution in [0.4, 0.5) is 0 Å². The Hall–Kier alpha value is -1.37. The van der Waals surface area contributed by atoms with Gasteiger partial charge in [-0.05, 0) is 30.4 Å². The predicted octanol–water partition coefficient (Wildman–Crippen LogP) is 3.78. The van der Waals surface area contributed by atoms with Crippen molar-refractivity contribution >= 4 is 11.9 Å². The quantitative estimate of drug-likeness (QED) is 0.642. The van der Waals surface area contributed by atoms with E-state index in [-0.39, 0.29) is 0 Å². The van der Waals surface area contributed by atoms with Crippen molar-refractivity contribution in [2.24, 2.45) is 0 Å². The number of hydrogen-bond acceptors (Lipinski definition) is 1. The molecule has 1 heteroatoms. The Morgan fingerprint density at radius 1 is 0.938 bits per heavy atom. The molecule has 1 aromatic carbocycles. The Kier molecular flexibility index (Phi) is 3.92. The summed E-state index contributed by atoms with van der Waals surface area (Å²) in [4.78, 5) is 10.5. The van der Waals surface area contributed by atoms with Gasteiger partial charge in [0.2, 0.25) is 0 Å². The van der Waals surface area contributed by atoms with Crippen molar-refractivity contribution in [2.45, 2.75) is 38.5 Å². The summed E-state index contributed by atoms with van der Waals surface area (Å²) in [5, 5.41) is 0. The highest BCUT2D eigenvalue weighted by Crippen LogP contribution is 2.17. The first-order chi connectivity index (χ1) is 7.86. The summed E-state index contributed by atoms with van der Waals surface area (Å²) in [6.45, 7) is 0. The lowest BCUT2D eigenvalue weighted by atomic mass is 10.00. The van der Waals surface area contributed by atoms with Crippen molar-refractivity contribution in [2.75, 3.05) is 0 Å². The second-order valence-corrected chi connectivity index (χ2v) is 4.40. The Bertz CT molecular complexity index is 382. The van der Waals surface area contributed by atoms with Crippen LogP contribution in [0.1, 0.15) is 43.2 Å². The standard InChI is InChI=1S/C9H8.C6H10O/c1-2-5-9-7-3-6-8(9)4-1;7-6-4-2-1-3-5-6/h1-6H,7H2;1-5H2. The lowest BCUT2D eigenvalue weighted by Gasteiger charge is -2.05. The first-order valence-corrected chi connectivity index (χ1v) is 6.12. The molecular formula is C15H18O. The number of benzene rings is 1. The Morgan fingerprint density at radius 2 is 1.69 bits per heavy atom. The van der Waals surface area contributed by atoms with Crippen LogP contribution >= 0.6 is 0 Å². The van der Waals surface area contributed by atoms with Crippen LogP contribution in [0.3, 0.4) is 0 Å². The van der Waals surface area contributed by atoms with Gasteiger partial charge in [-0.2, -0.15) is 0 Å². The number of Topliss-reactive ketones (excluding diaryl/α,β-unsaturated/α-hetero) is 1. The molecule has 0 radical (unpaired) electrons. The Balaban J connectivity index is 0.000000125. The molecule has 0 bridgehead atoms. The minimum Gasteiger partial charge on any atom is -0.300 e. The van der Waals surface area contributed by atoms with Gasteiger partial charge in [0, 0.05) is 12.8 Å². The minimum absolute atomic E-state index is 0.464. The fraction of sp³-hybridized carbons (Fsp3) is 0.400. The van der Waals surface area contributed by atoms with Crippen LogP contribution < -0.4 is 0 Å². The maximum atomic E-state index is 10.5. The van der Waals surface area contributed by atoms with E-state index < -0.39 is 0 Å². The van der Waals surface area contributed by atoms with Crippen LogP contribution in [0, 0.1) is 0 Å². The van der Waals surface area contributed by atoms with E-state index in [2.05, 4.69) is 36.4 Å². The normalized spacial score (nSPS) is 17.6. The van der Waals surface area contributed by atoms with Gasteiger partial charge >= 0.3 is 0 Å². The zero-order chi connectivity index (χ0) is 11.2. The largest absolute Gasteiger partial charge is 0.300 e. The SMILES string of the molecule is C1=Cc2ccccc2C1.O=C1CCCCC1. The van der Waals surface area contributed by atoms with Gasteiger partial charge in [0.25, 0.3) is 0 Å². The lowest BCUT2D eigenvalue weighted by Crippen LogP contribution is -2.02. The fourth-order valence-corrected chi connectivity index (χ4v) is 2.14. The van der Waals surface area contributed by atoms with Gasteiger partial charge in [-0.3, -0.25) is 4.79 Å². The third-order valence-electron chi connectivity index (χ3n) is 3.10. The van der Waals surface area contributed by atoms with Crippen LogP contribution in [0.2, 0.25) is 0 Å². The van der Waals surface area contributed by atoms with Crippen LogP contribution in [0.25, 0.3) is 6.08 Å². The van der Waals surface area contributed by atoms with Gasteiger partial charge in [-0.25, -0.2) is 0 Å². The zero-order valence-corrected chi connectivity index (χ0v) is 9.61. The molecule has 0 saturated heterocycles. The van der Waals surface area contributed by atoms with Gasteiger partial charge < -0.3 is 0 Å².